The fourth-order valence-corrected chi connectivity index (χ4v) is 2.91. The number of rotatable bonds is 3. The Labute approximate surface area is 129 Å². The Bertz CT molecular complexity index is 842. The van der Waals surface area contributed by atoms with E-state index >= 15 is 0 Å². The number of benzene rings is 2. The molecule has 2 aromatic carbocycles. The maximum atomic E-state index is 5.50. The molecule has 0 bridgehead atoms. The van der Waals surface area contributed by atoms with Crippen molar-refractivity contribution in [3.05, 3.63) is 54.1 Å². The number of aryl methyl sites for hydroxylation is 1. The molecule has 0 saturated carbocycles. The van der Waals surface area contributed by atoms with Crippen LogP contribution in [-0.2, 0) is 6.42 Å². The molecule has 1 aromatic heterocycles. The van der Waals surface area contributed by atoms with E-state index in [4.69, 9.17) is 14.5 Å². The van der Waals surface area contributed by atoms with Gasteiger partial charge < -0.3 is 9.47 Å². The molecule has 22 heavy (non-hydrogen) atoms. The van der Waals surface area contributed by atoms with E-state index in [9.17, 15) is 0 Å². The summed E-state index contributed by atoms with van der Waals surface area (Å²) in [5.41, 5.74) is 4.42. The summed E-state index contributed by atoms with van der Waals surface area (Å²) in [5.74, 6) is 1.61. The Kier molecular flexibility index (Phi) is 3.19. The van der Waals surface area contributed by atoms with Gasteiger partial charge in [0.15, 0.2) is 11.5 Å². The van der Waals surface area contributed by atoms with Crippen LogP contribution in [0.25, 0.3) is 22.2 Å². The largest absolute Gasteiger partial charge is 0.454 e. The first-order chi connectivity index (χ1) is 10.8. The predicted octanol–water partition coefficient (Wildman–Crippen LogP) is 4.58. The monoisotopic (exact) mass is 291 g/mol. The number of fused-ring (bicyclic) bond motifs is 2. The van der Waals surface area contributed by atoms with E-state index in [2.05, 4.69) is 37.3 Å². The Balaban J connectivity index is 1.90. The van der Waals surface area contributed by atoms with Crippen molar-refractivity contribution in [1.29, 1.82) is 0 Å². The van der Waals surface area contributed by atoms with Gasteiger partial charge in [-0.3, -0.25) is 0 Å². The molecular weight excluding hydrogens is 274 g/mol. The highest BCUT2D eigenvalue weighted by molar-refractivity contribution is 5.83. The van der Waals surface area contributed by atoms with Crippen molar-refractivity contribution in [2.24, 2.45) is 0 Å². The van der Waals surface area contributed by atoms with Gasteiger partial charge in [-0.2, -0.15) is 0 Å². The van der Waals surface area contributed by atoms with Gasteiger partial charge in [0.1, 0.15) is 0 Å². The normalized spacial score (nSPS) is 12.8. The third kappa shape index (κ3) is 2.19. The zero-order valence-electron chi connectivity index (χ0n) is 12.5. The molecule has 0 fully saturated rings. The minimum Gasteiger partial charge on any atom is -0.454 e. The zero-order valence-corrected chi connectivity index (χ0v) is 12.5. The molecule has 3 nitrogen and oxygen atoms in total. The van der Waals surface area contributed by atoms with Crippen molar-refractivity contribution in [3.63, 3.8) is 0 Å². The molecular formula is C19H17NO2. The second kappa shape index (κ2) is 5.34. The fraction of sp³-hybridized carbons (Fsp3) is 0.211. The van der Waals surface area contributed by atoms with Gasteiger partial charge in [0.05, 0.1) is 11.2 Å². The molecule has 0 amide bonds. The number of hydrogen-bond acceptors (Lipinski definition) is 3. The van der Waals surface area contributed by atoms with E-state index in [1.165, 1.54) is 10.9 Å². The molecule has 1 aliphatic heterocycles. The highest BCUT2D eigenvalue weighted by atomic mass is 16.7. The van der Waals surface area contributed by atoms with Gasteiger partial charge in [0, 0.05) is 10.9 Å². The lowest BCUT2D eigenvalue weighted by Crippen LogP contribution is -1.95. The van der Waals surface area contributed by atoms with Gasteiger partial charge >= 0.3 is 0 Å². The smallest absolute Gasteiger partial charge is 0.231 e. The number of pyridine rings is 1. The number of aromatic nitrogens is 1. The second-order valence-corrected chi connectivity index (χ2v) is 5.51. The lowest BCUT2D eigenvalue weighted by atomic mass is 10.00. The van der Waals surface area contributed by atoms with Gasteiger partial charge in [-0.1, -0.05) is 31.5 Å². The van der Waals surface area contributed by atoms with Crippen molar-refractivity contribution in [1.82, 2.24) is 4.98 Å². The highest BCUT2D eigenvalue weighted by Crippen LogP contribution is 2.37. The summed E-state index contributed by atoms with van der Waals surface area (Å²) >= 11 is 0. The summed E-state index contributed by atoms with van der Waals surface area (Å²) in [6.45, 7) is 2.49. The van der Waals surface area contributed by atoms with Gasteiger partial charge in [-0.25, -0.2) is 4.98 Å². The van der Waals surface area contributed by atoms with Crippen LogP contribution in [0.5, 0.6) is 11.5 Å². The van der Waals surface area contributed by atoms with Gasteiger partial charge in [0.2, 0.25) is 6.79 Å². The molecule has 110 valence electrons. The molecule has 0 aliphatic carbocycles. The number of para-hydroxylation sites is 1. The number of nitrogens with zero attached hydrogens (tertiary/aromatic N) is 1. The van der Waals surface area contributed by atoms with Crippen LogP contribution in [0.2, 0.25) is 0 Å². The standard InChI is InChI=1S/C19H17NO2/c1-2-5-14-10-13-6-3-4-7-16(13)20-19(14)15-8-9-17-18(11-15)22-12-21-17/h3-4,6-11H,2,5,12H2,1H3. The Morgan fingerprint density at radius 3 is 2.77 bits per heavy atom. The summed E-state index contributed by atoms with van der Waals surface area (Å²) in [7, 11) is 0. The van der Waals surface area contributed by atoms with Crippen molar-refractivity contribution in [2.45, 2.75) is 19.8 Å². The lowest BCUT2D eigenvalue weighted by molar-refractivity contribution is 0.174. The first-order valence-corrected chi connectivity index (χ1v) is 7.64. The third-order valence-corrected chi connectivity index (χ3v) is 3.97. The van der Waals surface area contributed by atoms with E-state index in [0.29, 0.717) is 6.79 Å². The summed E-state index contributed by atoms with van der Waals surface area (Å²) in [6.07, 6.45) is 2.11. The summed E-state index contributed by atoms with van der Waals surface area (Å²) in [4.78, 5) is 4.89. The van der Waals surface area contributed by atoms with Crippen LogP contribution in [0.15, 0.2) is 48.5 Å². The van der Waals surface area contributed by atoms with E-state index in [0.717, 1.165) is 41.1 Å². The topological polar surface area (TPSA) is 31.4 Å². The van der Waals surface area contributed by atoms with E-state index in [1.807, 2.05) is 18.2 Å². The predicted molar refractivity (Wildman–Crippen MR) is 87.3 cm³/mol. The summed E-state index contributed by atoms with van der Waals surface area (Å²) in [5, 5.41) is 1.19. The third-order valence-electron chi connectivity index (χ3n) is 3.97. The molecule has 0 radical (unpaired) electrons. The minimum atomic E-state index is 0.297. The van der Waals surface area contributed by atoms with Gasteiger partial charge in [-0.15, -0.1) is 0 Å². The number of ether oxygens (including phenoxy) is 2. The van der Waals surface area contributed by atoms with Crippen LogP contribution in [0, 0.1) is 0 Å². The molecule has 0 spiro atoms. The first-order valence-electron chi connectivity index (χ1n) is 7.64. The molecule has 3 heteroatoms. The average Bonchev–Trinajstić information content (AvgIpc) is 3.02. The second-order valence-electron chi connectivity index (χ2n) is 5.51. The minimum absolute atomic E-state index is 0.297. The zero-order chi connectivity index (χ0) is 14.9. The van der Waals surface area contributed by atoms with Crippen LogP contribution in [0.4, 0.5) is 0 Å². The first kappa shape index (κ1) is 13.1. The molecule has 0 atom stereocenters. The highest BCUT2D eigenvalue weighted by Gasteiger charge is 2.16. The maximum absolute atomic E-state index is 5.50. The van der Waals surface area contributed by atoms with Crippen molar-refractivity contribution >= 4 is 10.9 Å². The quantitative estimate of drug-likeness (QED) is 0.707. The van der Waals surface area contributed by atoms with Crippen molar-refractivity contribution < 1.29 is 9.47 Å². The molecule has 3 aromatic rings. The molecule has 0 saturated heterocycles. The summed E-state index contributed by atoms with van der Waals surface area (Å²) in [6, 6.07) is 16.6. The van der Waals surface area contributed by atoms with Gasteiger partial charge in [0.25, 0.3) is 0 Å². The van der Waals surface area contributed by atoms with E-state index in [-0.39, 0.29) is 0 Å². The van der Waals surface area contributed by atoms with Crippen LogP contribution in [0.3, 0.4) is 0 Å². The van der Waals surface area contributed by atoms with Crippen molar-refractivity contribution in [3.8, 4) is 22.8 Å². The number of hydrogen-bond donors (Lipinski definition) is 0. The van der Waals surface area contributed by atoms with E-state index < -0.39 is 0 Å². The average molecular weight is 291 g/mol. The Morgan fingerprint density at radius 2 is 1.86 bits per heavy atom. The van der Waals surface area contributed by atoms with Gasteiger partial charge in [-0.05, 0) is 42.3 Å². The van der Waals surface area contributed by atoms with Crippen LogP contribution < -0.4 is 9.47 Å². The molecule has 1 aliphatic rings. The Hall–Kier alpha value is -2.55. The Morgan fingerprint density at radius 1 is 1.00 bits per heavy atom. The van der Waals surface area contributed by atoms with E-state index in [1.54, 1.807) is 0 Å². The maximum Gasteiger partial charge on any atom is 0.231 e. The molecule has 0 N–H and O–H groups in total. The lowest BCUT2D eigenvalue weighted by Gasteiger charge is -2.11. The molecule has 2 heterocycles. The van der Waals surface area contributed by atoms with Crippen molar-refractivity contribution in [2.75, 3.05) is 6.79 Å². The SMILES string of the molecule is CCCc1cc2ccccc2nc1-c1ccc2c(c1)OCO2. The summed E-state index contributed by atoms with van der Waals surface area (Å²) < 4.78 is 10.9. The fourth-order valence-electron chi connectivity index (χ4n) is 2.91. The van der Waals surface area contributed by atoms with Crippen LogP contribution in [-0.4, -0.2) is 11.8 Å². The van der Waals surface area contributed by atoms with Crippen LogP contribution in [0.1, 0.15) is 18.9 Å². The molecule has 4 rings (SSSR count). The van der Waals surface area contributed by atoms with Crippen LogP contribution >= 0.6 is 0 Å². The molecule has 0 unspecified atom stereocenters.